The Kier molecular flexibility index (Phi) is 11.5. The minimum atomic E-state index is -3.88. The van der Waals surface area contributed by atoms with Gasteiger partial charge in [-0.3, -0.25) is 13.9 Å². The molecule has 2 rings (SSSR count). The number of halogens is 2. The molecule has 8 nitrogen and oxygen atoms in total. The van der Waals surface area contributed by atoms with Gasteiger partial charge in [-0.15, -0.1) is 0 Å². The van der Waals surface area contributed by atoms with E-state index in [1.807, 2.05) is 13.8 Å². The third kappa shape index (κ3) is 8.51. The summed E-state index contributed by atoms with van der Waals surface area (Å²) in [5.41, 5.74) is 1.70. The molecule has 11 heteroatoms. The van der Waals surface area contributed by atoms with Crippen molar-refractivity contribution < 1.29 is 22.7 Å². The summed E-state index contributed by atoms with van der Waals surface area (Å²) in [4.78, 5) is 28.3. The molecule has 0 aliphatic heterocycles. The number of methoxy groups -OCH3 is 1. The second-order valence-corrected chi connectivity index (χ2v) is 11.5. The summed E-state index contributed by atoms with van der Waals surface area (Å²) in [7, 11) is -2.45. The molecule has 0 bridgehead atoms. The Labute approximate surface area is 229 Å². The lowest BCUT2D eigenvalue weighted by Gasteiger charge is -2.33. The van der Waals surface area contributed by atoms with Crippen molar-refractivity contribution in [2.75, 3.05) is 30.8 Å². The Morgan fingerprint density at radius 2 is 1.78 bits per heavy atom. The van der Waals surface area contributed by atoms with Crippen molar-refractivity contribution in [2.24, 2.45) is 0 Å². The van der Waals surface area contributed by atoms with E-state index in [-0.39, 0.29) is 18.1 Å². The highest BCUT2D eigenvalue weighted by Gasteiger charge is 2.32. The zero-order valence-electron chi connectivity index (χ0n) is 21.9. The first-order chi connectivity index (χ1) is 17.4. The monoisotopic (exact) mass is 571 g/mol. The van der Waals surface area contributed by atoms with E-state index in [1.165, 1.54) is 12.0 Å². The fraction of sp³-hybridized carbons (Fsp3) is 0.462. The molecule has 0 spiro atoms. The van der Waals surface area contributed by atoms with Gasteiger partial charge in [-0.1, -0.05) is 55.6 Å². The molecular weight excluding hydrogens is 537 g/mol. The van der Waals surface area contributed by atoms with Crippen LogP contribution < -0.4 is 14.4 Å². The fourth-order valence-corrected chi connectivity index (χ4v) is 5.02. The van der Waals surface area contributed by atoms with E-state index < -0.39 is 28.5 Å². The van der Waals surface area contributed by atoms with E-state index in [9.17, 15) is 18.0 Å². The molecule has 1 atom stereocenters. The van der Waals surface area contributed by atoms with Crippen molar-refractivity contribution >= 4 is 50.7 Å². The molecule has 0 saturated heterocycles. The van der Waals surface area contributed by atoms with Crippen LogP contribution in [0.1, 0.15) is 44.2 Å². The molecule has 1 N–H and O–H groups in total. The first-order valence-corrected chi connectivity index (χ1v) is 14.7. The van der Waals surface area contributed by atoms with Crippen LogP contribution in [0.4, 0.5) is 5.69 Å². The van der Waals surface area contributed by atoms with Gasteiger partial charge >= 0.3 is 0 Å². The van der Waals surface area contributed by atoms with Gasteiger partial charge in [-0.2, -0.15) is 0 Å². The SMILES string of the molecule is CCCCNC(=O)[C@H](CC)N(Cc1ccc(Cl)c(Cl)c1)C(=O)CN(c1cc(C)ccc1OC)S(C)(=O)=O. The maximum absolute atomic E-state index is 13.8. The summed E-state index contributed by atoms with van der Waals surface area (Å²) in [6.07, 6.45) is 3.07. The molecule has 0 unspecified atom stereocenters. The molecule has 2 aromatic rings. The maximum atomic E-state index is 13.8. The minimum Gasteiger partial charge on any atom is -0.495 e. The van der Waals surface area contributed by atoms with Gasteiger partial charge in [0.05, 0.1) is 29.1 Å². The molecule has 0 saturated carbocycles. The van der Waals surface area contributed by atoms with Gasteiger partial charge in [0.2, 0.25) is 21.8 Å². The van der Waals surface area contributed by atoms with E-state index in [0.717, 1.165) is 29.0 Å². The lowest BCUT2D eigenvalue weighted by molar-refractivity contribution is -0.140. The van der Waals surface area contributed by atoms with Crippen LogP contribution in [0.2, 0.25) is 10.0 Å². The number of hydrogen-bond donors (Lipinski definition) is 1. The molecule has 204 valence electrons. The number of hydrogen-bond acceptors (Lipinski definition) is 5. The predicted octanol–water partition coefficient (Wildman–Crippen LogP) is 4.80. The third-order valence-corrected chi connectivity index (χ3v) is 7.70. The average Bonchev–Trinajstić information content (AvgIpc) is 2.83. The summed E-state index contributed by atoms with van der Waals surface area (Å²) in [5, 5.41) is 3.56. The first kappa shape index (κ1) is 30.7. The van der Waals surface area contributed by atoms with Crippen LogP contribution in [0.25, 0.3) is 0 Å². The van der Waals surface area contributed by atoms with Crippen molar-refractivity contribution in [3.8, 4) is 5.75 Å². The van der Waals surface area contributed by atoms with Gasteiger partial charge < -0.3 is 15.0 Å². The molecule has 0 radical (unpaired) electrons. The Hall–Kier alpha value is -2.49. The van der Waals surface area contributed by atoms with E-state index in [4.69, 9.17) is 27.9 Å². The average molecular weight is 573 g/mol. The smallest absolute Gasteiger partial charge is 0.244 e. The number of benzene rings is 2. The first-order valence-electron chi connectivity index (χ1n) is 12.1. The highest BCUT2D eigenvalue weighted by molar-refractivity contribution is 7.92. The van der Waals surface area contributed by atoms with Gasteiger partial charge in [-0.05, 0) is 55.2 Å². The topological polar surface area (TPSA) is 96.0 Å². The van der Waals surface area contributed by atoms with E-state index in [0.29, 0.717) is 34.3 Å². The number of aryl methyl sites for hydroxylation is 1. The van der Waals surface area contributed by atoms with Crippen LogP contribution in [-0.2, 0) is 26.2 Å². The van der Waals surface area contributed by atoms with Crippen LogP contribution in [0.3, 0.4) is 0 Å². The fourth-order valence-electron chi connectivity index (χ4n) is 3.85. The van der Waals surface area contributed by atoms with E-state index in [1.54, 1.807) is 43.3 Å². The number of nitrogens with zero attached hydrogens (tertiary/aromatic N) is 2. The van der Waals surface area contributed by atoms with Crippen LogP contribution in [0.5, 0.6) is 5.75 Å². The summed E-state index contributed by atoms with van der Waals surface area (Å²) < 4.78 is 32.1. The quantitative estimate of drug-likeness (QED) is 0.348. The number of carbonyl (C=O) groups excluding carboxylic acids is 2. The molecule has 0 fully saturated rings. The lowest BCUT2D eigenvalue weighted by atomic mass is 10.1. The number of ether oxygens (including phenoxy) is 1. The van der Waals surface area contributed by atoms with Crippen molar-refractivity contribution in [1.82, 2.24) is 10.2 Å². The van der Waals surface area contributed by atoms with Gasteiger partial charge in [-0.25, -0.2) is 8.42 Å². The predicted molar refractivity (Wildman–Crippen MR) is 149 cm³/mol. The van der Waals surface area contributed by atoms with Crippen molar-refractivity contribution in [1.29, 1.82) is 0 Å². The van der Waals surface area contributed by atoms with E-state index >= 15 is 0 Å². The van der Waals surface area contributed by atoms with E-state index in [2.05, 4.69) is 5.32 Å². The molecule has 37 heavy (non-hydrogen) atoms. The highest BCUT2D eigenvalue weighted by atomic mass is 35.5. The number of unbranched alkanes of at least 4 members (excludes halogenated alkanes) is 1. The van der Waals surface area contributed by atoms with Crippen molar-refractivity contribution in [3.05, 3.63) is 57.6 Å². The summed E-state index contributed by atoms with van der Waals surface area (Å²) in [6, 6.07) is 9.22. The van der Waals surface area contributed by atoms with Crippen molar-refractivity contribution in [2.45, 2.75) is 52.6 Å². The second-order valence-electron chi connectivity index (χ2n) is 8.78. The molecule has 2 aromatic carbocycles. The van der Waals surface area contributed by atoms with Crippen LogP contribution in [0, 0.1) is 6.92 Å². The van der Waals surface area contributed by atoms with Gasteiger partial charge in [0.15, 0.2) is 0 Å². The molecule has 0 heterocycles. The highest BCUT2D eigenvalue weighted by Crippen LogP contribution is 2.31. The zero-order valence-corrected chi connectivity index (χ0v) is 24.2. The molecule has 2 amide bonds. The normalized spacial score (nSPS) is 12.1. The summed E-state index contributed by atoms with van der Waals surface area (Å²) in [6.45, 7) is 5.64. The largest absolute Gasteiger partial charge is 0.495 e. The maximum Gasteiger partial charge on any atom is 0.244 e. The number of amides is 2. The van der Waals surface area contributed by atoms with Gasteiger partial charge in [0.1, 0.15) is 18.3 Å². The third-order valence-electron chi connectivity index (χ3n) is 5.83. The zero-order chi connectivity index (χ0) is 27.8. The Bertz CT molecular complexity index is 1210. The van der Waals surface area contributed by atoms with Crippen LogP contribution in [-0.4, -0.2) is 57.6 Å². The number of sulfonamides is 1. The lowest BCUT2D eigenvalue weighted by Crippen LogP contribution is -2.52. The molecule has 0 aromatic heterocycles. The minimum absolute atomic E-state index is 0.0397. The second kappa shape index (κ2) is 13.9. The summed E-state index contributed by atoms with van der Waals surface area (Å²) in [5.74, 6) is -0.537. The Morgan fingerprint density at radius 3 is 2.35 bits per heavy atom. The molecule has 0 aliphatic rings. The number of carbonyl (C=O) groups is 2. The Balaban J connectivity index is 2.50. The summed E-state index contributed by atoms with van der Waals surface area (Å²) >= 11 is 12.3. The molecular formula is C26H35Cl2N3O5S. The van der Waals surface area contributed by atoms with Crippen LogP contribution in [0.15, 0.2) is 36.4 Å². The molecule has 0 aliphatic carbocycles. The van der Waals surface area contributed by atoms with Crippen molar-refractivity contribution in [3.63, 3.8) is 0 Å². The number of anilines is 1. The van der Waals surface area contributed by atoms with Crippen LogP contribution >= 0.6 is 23.2 Å². The standard InChI is InChI=1S/C26H35Cl2N3O5S/c1-6-8-13-29-26(33)22(7-2)30(16-19-10-11-20(27)21(28)15-19)25(32)17-31(37(5,34)35)23-14-18(3)9-12-24(23)36-4/h9-12,14-15,22H,6-8,13,16-17H2,1-5H3,(H,29,33)/t22-/m0/s1. The van der Waals surface area contributed by atoms with Gasteiger partial charge in [0, 0.05) is 13.1 Å². The Morgan fingerprint density at radius 1 is 1.08 bits per heavy atom. The van der Waals surface area contributed by atoms with Gasteiger partial charge in [0.25, 0.3) is 0 Å². The number of rotatable bonds is 13. The number of nitrogens with one attached hydrogen (secondary N) is 1.